The number of hydrogen-bond donors (Lipinski definition) is 2. The summed E-state index contributed by atoms with van der Waals surface area (Å²) in [6, 6.07) is 0.375. The van der Waals surface area contributed by atoms with Gasteiger partial charge in [-0.05, 0) is 33.1 Å². The van der Waals surface area contributed by atoms with Gasteiger partial charge in [-0.3, -0.25) is 0 Å². The van der Waals surface area contributed by atoms with E-state index in [-0.39, 0.29) is 5.54 Å². The van der Waals surface area contributed by atoms with Crippen molar-refractivity contribution >= 4 is 11.9 Å². The minimum absolute atomic E-state index is 0.0554. The third-order valence-corrected chi connectivity index (χ3v) is 2.91. The smallest absolute Gasteiger partial charge is 0.323 e. The summed E-state index contributed by atoms with van der Waals surface area (Å²) in [7, 11) is 0. The molecule has 2 N–H and O–H groups in total. The van der Waals surface area contributed by atoms with Gasteiger partial charge in [-0.15, -0.1) is 0 Å². The van der Waals surface area contributed by atoms with Crippen molar-refractivity contribution in [2.75, 3.05) is 23.8 Å². The van der Waals surface area contributed by atoms with Crippen molar-refractivity contribution in [1.82, 2.24) is 15.0 Å². The molecule has 21 heavy (non-hydrogen) atoms. The van der Waals surface area contributed by atoms with Gasteiger partial charge in [0.05, 0.1) is 6.61 Å². The Morgan fingerprint density at radius 2 is 1.67 bits per heavy atom. The zero-order valence-electron chi connectivity index (χ0n) is 14.0. The Labute approximate surface area is 128 Å². The lowest BCUT2D eigenvalue weighted by Crippen LogP contribution is -2.31. The van der Waals surface area contributed by atoms with Crippen molar-refractivity contribution in [3.63, 3.8) is 0 Å². The Balaban J connectivity index is 2.89. The number of aromatic nitrogens is 3. The fraction of sp³-hybridized carbons (Fsp3) is 0.800. The molecule has 6 nitrogen and oxygen atoms in total. The molecule has 0 fully saturated rings. The van der Waals surface area contributed by atoms with Gasteiger partial charge in [0.15, 0.2) is 0 Å². The molecular formula is C15H29N5O. The maximum atomic E-state index is 5.55. The highest BCUT2D eigenvalue weighted by Crippen LogP contribution is 2.19. The van der Waals surface area contributed by atoms with Gasteiger partial charge in [-0.25, -0.2) is 0 Å². The molecule has 0 radical (unpaired) electrons. The predicted molar refractivity (Wildman–Crippen MR) is 87.0 cm³/mol. The van der Waals surface area contributed by atoms with Gasteiger partial charge >= 0.3 is 6.01 Å². The van der Waals surface area contributed by atoms with Crippen molar-refractivity contribution in [1.29, 1.82) is 0 Å². The molecule has 0 amide bonds. The molecule has 1 rings (SSSR count). The van der Waals surface area contributed by atoms with E-state index in [4.69, 9.17) is 4.74 Å². The zero-order chi connectivity index (χ0) is 15.7. The summed E-state index contributed by atoms with van der Waals surface area (Å²) in [5.74, 6) is 1.13. The van der Waals surface area contributed by atoms with Crippen molar-refractivity contribution in [3.8, 4) is 6.01 Å². The third kappa shape index (κ3) is 6.60. The molecule has 0 aliphatic carbocycles. The molecule has 0 saturated heterocycles. The molecule has 0 aromatic carbocycles. The van der Waals surface area contributed by atoms with E-state index < -0.39 is 0 Å². The molecule has 0 unspecified atom stereocenters. The minimum atomic E-state index is -0.0554. The van der Waals surface area contributed by atoms with E-state index in [1.807, 2.05) is 0 Å². The average molecular weight is 295 g/mol. The number of rotatable bonds is 10. The average Bonchev–Trinajstić information content (AvgIpc) is 2.42. The van der Waals surface area contributed by atoms with Crippen LogP contribution in [0.2, 0.25) is 0 Å². The highest BCUT2D eigenvalue weighted by molar-refractivity contribution is 5.37. The van der Waals surface area contributed by atoms with E-state index in [1.165, 1.54) is 0 Å². The standard InChI is InChI=1S/C15H29N5O/c1-6-9-15(4,5)20-13-17-12(16-10-7-2)18-14(19-13)21-11-8-3/h6-11H2,1-5H3,(H2,16,17,18,19,20). The Morgan fingerprint density at radius 1 is 0.952 bits per heavy atom. The molecule has 1 aromatic heterocycles. The normalized spacial score (nSPS) is 11.3. The number of hydrogen-bond acceptors (Lipinski definition) is 6. The van der Waals surface area contributed by atoms with Crippen LogP contribution in [0, 0.1) is 0 Å². The highest BCUT2D eigenvalue weighted by atomic mass is 16.5. The fourth-order valence-corrected chi connectivity index (χ4v) is 1.98. The van der Waals surface area contributed by atoms with Crippen LogP contribution in [0.15, 0.2) is 0 Å². The first-order valence-corrected chi connectivity index (χ1v) is 7.91. The van der Waals surface area contributed by atoms with Crippen molar-refractivity contribution in [2.24, 2.45) is 0 Å². The van der Waals surface area contributed by atoms with Gasteiger partial charge in [0.25, 0.3) is 0 Å². The van der Waals surface area contributed by atoms with Gasteiger partial charge in [0, 0.05) is 12.1 Å². The first-order chi connectivity index (χ1) is 10.0. The van der Waals surface area contributed by atoms with Crippen molar-refractivity contribution in [2.45, 2.75) is 65.8 Å². The summed E-state index contributed by atoms with van der Waals surface area (Å²) < 4.78 is 5.55. The quantitative estimate of drug-likeness (QED) is 0.688. The van der Waals surface area contributed by atoms with E-state index in [9.17, 15) is 0 Å². The van der Waals surface area contributed by atoms with E-state index in [1.54, 1.807) is 0 Å². The lowest BCUT2D eigenvalue weighted by Gasteiger charge is -2.25. The van der Waals surface area contributed by atoms with Crippen LogP contribution in [0.25, 0.3) is 0 Å². The zero-order valence-corrected chi connectivity index (χ0v) is 14.0. The molecule has 0 bridgehead atoms. The molecular weight excluding hydrogens is 266 g/mol. The Kier molecular flexibility index (Phi) is 7.19. The first-order valence-electron chi connectivity index (χ1n) is 7.91. The molecule has 0 saturated carbocycles. The van der Waals surface area contributed by atoms with Gasteiger partial charge in [-0.2, -0.15) is 15.0 Å². The molecule has 0 spiro atoms. The van der Waals surface area contributed by atoms with E-state index in [2.05, 4.69) is 60.2 Å². The minimum Gasteiger partial charge on any atom is -0.463 e. The van der Waals surface area contributed by atoms with E-state index >= 15 is 0 Å². The second-order valence-electron chi connectivity index (χ2n) is 5.80. The number of anilines is 2. The fourth-order valence-electron chi connectivity index (χ4n) is 1.98. The second kappa shape index (κ2) is 8.64. The molecule has 1 heterocycles. The van der Waals surface area contributed by atoms with Gasteiger partial charge in [0.2, 0.25) is 11.9 Å². The lowest BCUT2D eigenvalue weighted by molar-refractivity contribution is 0.292. The summed E-state index contributed by atoms with van der Waals surface area (Å²) in [5.41, 5.74) is -0.0554. The van der Waals surface area contributed by atoms with Crippen LogP contribution in [0.4, 0.5) is 11.9 Å². The van der Waals surface area contributed by atoms with Crippen LogP contribution < -0.4 is 15.4 Å². The van der Waals surface area contributed by atoms with Crippen molar-refractivity contribution in [3.05, 3.63) is 0 Å². The third-order valence-electron chi connectivity index (χ3n) is 2.91. The summed E-state index contributed by atoms with van der Waals surface area (Å²) in [6.45, 7) is 12.1. The number of ether oxygens (including phenoxy) is 1. The first kappa shape index (κ1) is 17.5. The molecule has 0 aliphatic heterocycles. The number of nitrogens with zero attached hydrogens (tertiary/aromatic N) is 3. The van der Waals surface area contributed by atoms with Crippen LogP contribution in [-0.2, 0) is 0 Å². The number of nitrogens with one attached hydrogen (secondary N) is 2. The SMILES string of the molecule is CCCNc1nc(NC(C)(C)CCC)nc(OCCC)n1. The summed E-state index contributed by atoms with van der Waals surface area (Å²) in [6.07, 6.45) is 4.08. The highest BCUT2D eigenvalue weighted by Gasteiger charge is 2.18. The van der Waals surface area contributed by atoms with Crippen molar-refractivity contribution < 1.29 is 4.74 Å². The van der Waals surface area contributed by atoms with Gasteiger partial charge in [0.1, 0.15) is 0 Å². The summed E-state index contributed by atoms with van der Waals surface area (Å²) in [4.78, 5) is 13.1. The predicted octanol–water partition coefficient (Wildman–Crippen LogP) is 3.47. The second-order valence-corrected chi connectivity index (χ2v) is 5.80. The molecule has 0 atom stereocenters. The Morgan fingerprint density at radius 3 is 2.29 bits per heavy atom. The molecule has 6 heteroatoms. The monoisotopic (exact) mass is 295 g/mol. The molecule has 0 aliphatic rings. The Hall–Kier alpha value is -1.59. The topological polar surface area (TPSA) is 72.0 Å². The maximum Gasteiger partial charge on any atom is 0.323 e. The lowest BCUT2D eigenvalue weighted by atomic mass is 9.99. The van der Waals surface area contributed by atoms with Gasteiger partial charge in [-0.1, -0.05) is 27.2 Å². The van der Waals surface area contributed by atoms with E-state index in [0.717, 1.165) is 32.2 Å². The largest absolute Gasteiger partial charge is 0.463 e. The van der Waals surface area contributed by atoms with Crippen LogP contribution in [0.5, 0.6) is 6.01 Å². The van der Waals surface area contributed by atoms with Crippen LogP contribution in [0.1, 0.15) is 60.3 Å². The molecule has 120 valence electrons. The maximum absolute atomic E-state index is 5.55. The van der Waals surface area contributed by atoms with Crippen LogP contribution in [0.3, 0.4) is 0 Å². The molecule has 1 aromatic rings. The van der Waals surface area contributed by atoms with Crippen LogP contribution in [-0.4, -0.2) is 33.6 Å². The van der Waals surface area contributed by atoms with E-state index in [0.29, 0.717) is 24.5 Å². The van der Waals surface area contributed by atoms with Crippen LogP contribution >= 0.6 is 0 Å². The summed E-state index contributed by atoms with van der Waals surface area (Å²) >= 11 is 0. The summed E-state index contributed by atoms with van der Waals surface area (Å²) in [5, 5.41) is 6.56. The Bertz CT molecular complexity index is 396. The van der Waals surface area contributed by atoms with Gasteiger partial charge < -0.3 is 15.4 Å².